The summed E-state index contributed by atoms with van der Waals surface area (Å²) in [6, 6.07) is 13.8. The molecule has 3 aromatic rings. The molecule has 6 nitrogen and oxygen atoms in total. The number of para-hydroxylation sites is 1. The van der Waals surface area contributed by atoms with Crippen molar-refractivity contribution in [1.82, 2.24) is 14.6 Å². The summed E-state index contributed by atoms with van der Waals surface area (Å²) in [6.07, 6.45) is 0. The highest BCUT2D eigenvalue weighted by Gasteiger charge is 2.17. The largest absolute Gasteiger partial charge is 0.335 e. The molecule has 0 saturated heterocycles. The Balaban J connectivity index is 1.73. The second-order valence-corrected chi connectivity index (χ2v) is 8.64. The molecule has 136 valence electrons. The van der Waals surface area contributed by atoms with E-state index in [0.29, 0.717) is 18.7 Å². The van der Waals surface area contributed by atoms with E-state index in [0.717, 1.165) is 15.2 Å². The van der Waals surface area contributed by atoms with Gasteiger partial charge >= 0.3 is 0 Å². The molecular formula is C18H19N3O3S2. The Morgan fingerprint density at radius 3 is 2.50 bits per heavy atom. The fourth-order valence-electron chi connectivity index (χ4n) is 2.53. The molecule has 0 aliphatic carbocycles. The highest BCUT2D eigenvalue weighted by Crippen LogP contribution is 2.23. The molecule has 0 unspecified atom stereocenters. The second kappa shape index (κ2) is 7.53. The molecule has 0 fully saturated rings. The van der Waals surface area contributed by atoms with E-state index in [1.54, 1.807) is 30.2 Å². The summed E-state index contributed by atoms with van der Waals surface area (Å²) in [6.45, 7) is 2.43. The predicted molar refractivity (Wildman–Crippen MR) is 103 cm³/mol. The number of nitrogens with one attached hydrogen (secondary N) is 1. The molecule has 1 amide bonds. The van der Waals surface area contributed by atoms with Crippen LogP contribution in [-0.4, -0.2) is 37.8 Å². The van der Waals surface area contributed by atoms with E-state index >= 15 is 0 Å². The molecule has 2 aromatic carbocycles. The van der Waals surface area contributed by atoms with E-state index in [4.69, 9.17) is 0 Å². The van der Waals surface area contributed by atoms with E-state index in [9.17, 15) is 13.2 Å². The number of rotatable bonds is 6. The maximum absolute atomic E-state index is 12.6. The van der Waals surface area contributed by atoms with Crippen LogP contribution in [0.2, 0.25) is 0 Å². The molecule has 0 atom stereocenters. The molecule has 3 rings (SSSR count). The van der Waals surface area contributed by atoms with Crippen LogP contribution in [-0.2, 0) is 16.6 Å². The van der Waals surface area contributed by atoms with Gasteiger partial charge in [0.15, 0.2) is 0 Å². The summed E-state index contributed by atoms with van der Waals surface area (Å²) in [5.74, 6) is -0.184. The molecule has 1 N–H and O–H groups in total. The lowest BCUT2D eigenvalue weighted by atomic mass is 10.2. The lowest BCUT2D eigenvalue weighted by Gasteiger charge is -2.16. The third-order valence-electron chi connectivity index (χ3n) is 3.80. The monoisotopic (exact) mass is 389 g/mol. The van der Waals surface area contributed by atoms with Crippen LogP contribution >= 0.6 is 11.3 Å². The second-order valence-electron chi connectivity index (χ2n) is 5.76. The van der Waals surface area contributed by atoms with Crippen molar-refractivity contribution in [1.29, 1.82) is 0 Å². The smallest absolute Gasteiger partial charge is 0.253 e. The Labute approximate surface area is 156 Å². The minimum atomic E-state index is -3.52. The maximum Gasteiger partial charge on any atom is 0.253 e. The number of thiazole rings is 1. The third kappa shape index (κ3) is 3.92. The van der Waals surface area contributed by atoms with Gasteiger partial charge in [-0.05, 0) is 36.4 Å². The van der Waals surface area contributed by atoms with Gasteiger partial charge < -0.3 is 4.90 Å². The summed E-state index contributed by atoms with van der Waals surface area (Å²) >= 11 is 1.56. The highest BCUT2D eigenvalue weighted by atomic mass is 32.2. The van der Waals surface area contributed by atoms with Crippen LogP contribution in [0.25, 0.3) is 10.2 Å². The molecule has 0 bridgehead atoms. The zero-order valence-electron chi connectivity index (χ0n) is 14.5. The lowest BCUT2D eigenvalue weighted by Crippen LogP contribution is -2.26. The Hall–Kier alpha value is -2.29. The van der Waals surface area contributed by atoms with Crippen LogP contribution in [0.3, 0.4) is 0 Å². The Morgan fingerprint density at radius 2 is 1.85 bits per heavy atom. The van der Waals surface area contributed by atoms with E-state index in [-0.39, 0.29) is 10.8 Å². The van der Waals surface area contributed by atoms with Crippen LogP contribution < -0.4 is 4.72 Å². The van der Waals surface area contributed by atoms with E-state index < -0.39 is 10.0 Å². The van der Waals surface area contributed by atoms with Gasteiger partial charge in [0, 0.05) is 19.2 Å². The van der Waals surface area contributed by atoms with Crippen molar-refractivity contribution >= 4 is 37.5 Å². The number of hydrogen-bond acceptors (Lipinski definition) is 5. The molecule has 0 aliphatic heterocycles. The first-order valence-corrected chi connectivity index (χ1v) is 10.4. The summed E-state index contributed by atoms with van der Waals surface area (Å²) < 4.78 is 27.4. The first-order valence-electron chi connectivity index (χ1n) is 8.10. The summed E-state index contributed by atoms with van der Waals surface area (Å²) in [5, 5.41) is 0.855. The number of fused-ring (bicyclic) bond motifs is 1. The van der Waals surface area contributed by atoms with Crippen LogP contribution in [0.5, 0.6) is 0 Å². The predicted octanol–water partition coefficient (Wildman–Crippen LogP) is 2.87. The number of hydrogen-bond donors (Lipinski definition) is 1. The van der Waals surface area contributed by atoms with Gasteiger partial charge in [0.25, 0.3) is 5.91 Å². The number of carbonyl (C=O) groups is 1. The number of sulfonamides is 1. The highest BCUT2D eigenvalue weighted by molar-refractivity contribution is 7.89. The van der Waals surface area contributed by atoms with Gasteiger partial charge in [0.05, 0.1) is 21.7 Å². The number of amides is 1. The molecule has 0 spiro atoms. The van der Waals surface area contributed by atoms with Crippen molar-refractivity contribution in [2.45, 2.75) is 18.4 Å². The van der Waals surface area contributed by atoms with Crippen molar-refractivity contribution in [2.24, 2.45) is 0 Å². The van der Waals surface area contributed by atoms with Crippen LogP contribution in [0.15, 0.2) is 53.4 Å². The van der Waals surface area contributed by atoms with Crippen LogP contribution in [0.4, 0.5) is 0 Å². The molecule has 1 aromatic heterocycles. The zero-order valence-corrected chi connectivity index (χ0v) is 16.1. The van der Waals surface area contributed by atoms with Gasteiger partial charge in [-0.1, -0.05) is 19.1 Å². The van der Waals surface area contributed by atoms with Crippen molar-refractivity contribution in [3.63, 3.8) is 0 Å². The van der Waals surface area contributed by atoms with E-state index in [1.807, 2.05) is 24.3 Å². The summed E-state index contributed by atoms with van der Waals surface area (Å²) in [7, 11) is -1.81. The normalized spacial score (nSPS) is 11.6. The Bertz CT molecular complexity index is 994. The van der Waals surface area contributed by atoms with Gasteiger partial charge in [-0.3, -0.25) is 4.79 Å². The number of carbonyl (C=O) groups excluding carboxylic acids is 1. The zero-order chi connectivity index (χ0) is 18.7. The van der Waals surface area contributed by atoms with Gasteiger partial charge in [0.1, 0.15) is 5.01 Å². The van der Waals surface area contributed by atoms with Gasteiger partial charge in [-0.25, -0.2) is 18.1 Å². The number of nitrogens with zero attached hydrogens (tertiary/aromatic N) is 2. The first kappa shape index (κ1) is 18.5. The molecule has 0 aliphatic rings. The topological polar surface area (TPSA) is 79.4 Å². The average molecular weight is 390 g/mol. The van der Waals surface area contributed by atoms with Crippen molar-refractivity contribution < 1.29 is 13.2 Å². The van der Waals surface area contributed by atoms with Gasteiger partial charge in [-0.2, -0.15) is 0 Å². The van der Waals surface area contributed by atoms with Gasteiger partial charge in [0.2, 0.25) is 10.0 Å². The SMILES string of the molecule is CCNS(=O)(=O)c1ccc(C(=O)N(C)Cc2nc3ccccc3s2)cc1. The maximum atomic E-state index is 12.6. The van der Waals surface area contributed by atoms with Crippen molar-refractivity contribution in [2.75, 3.05) is 13.6 Å². The van der Waals surface area contributed by atoms with Crippen LogP contribution in [0.1, 0.15) is 22.3 Å². The first-order chi connectivity index (χ1) is 12.4. The van der Waals surface area contributed by atoms with E-state index in [1.165, 1.54) is 24.3 Å². The minimum absolute atomic E-state index is 0.143. The van der Waals surface area contributed by atoms with E-state index in [2.05, 4.69) is 9.71 Å². The standard InChI is InChI=1S/C18H19N3O3S2/c1-3-19-26(23,24)14-10-8-13(9-11-14)18(22)21(2)12-17-20-15-6-4-5-7-16(15)25-17/h4-11,19H,3,12H2,1-2H3. The fraction of sp³-hybridized carbons (Fsp3) is 0.222. The average Bonchev–Trinajstić information content (AvgIpc) is 3.03. The Kier molecular flexibility index (Phi) is 5.36. The summed E-state index contributed by atoms with van der Waals surface area (Å²) in [5.41, 5.74) is 1.36. The molecule has 8 heteroatoms. The van der Waals surface area contributed by atoms with Crippen molar-refractivity contribution in [3.05, 3.63) is 59.1 Å². The molecular weight excluding hydrogens is 370 g/mol. The molecule has 0 saturated carbocycles. The Morgan fingerprint density at radius 1 is 1.15 bits per heavy atom. The van der Waals surface area contributed by atoms with Crippen LogP contribution in [0, 0.1) is 0 Å². The lowest BCUT2D eigenvalue weighted by molar-refractivity contribution is 0.0785. The number of aromatic nitrogens is 1. The number of benzene rings is 2. The van der Waals surface area contributed by atoms with Gasteiger partial charge in [-0.15, -0.1) is 11.3 Å². The minimum Gasteiger partial charge on any atom is -0.335 e. The van der Waals surface area contributed by atoms with Crippen molar-refractivity contribution in [3.8, 4) is 0 Å². The summed E-state index contributed by atoms with van der Waals surface area (Å²) in [4.78, 5) is 18.8. The third-order valence-corrected chi connectivity index (χ3v) is 6.39. The fourth-order valence-corrected chi connectivity index (χ4v) is 4.59. The quantitative estimate of drug-likeness (QED) is 0.703. The molecule has 1 heterocycles. The molecule has 26 heavy (non-hydrogen) atoms. The molecule has 0 radical (unpaired) electrons.